The molecule has 4 aromatic rings. The van der Waals surface area contributed by atoms with E-state index in [2.05, 4.69) is 55.3 Å². The van der Waals surface area contributed by atoms with Crippen LogP contribution in [0, 0.1) is 0 Å². The number of nitrogens with one attached hydrogen (secondary N) is 3. The number of rotatable bonds is 1. The molecule has 0 atom stereocenters. The van der Waals surface area contributed by atoms with E-state index in [0.29, 0.717) is 5.56 Å². The van der Waals surface area contributed by atoms with Crippen LogP contribution in [-0.4, -0.2) is 31.2 Å². The van der Waals surface area contributed by atoms with Gasteiger partial charge in [0.05, 0.1) is 22.8 Å². The van der Waals surface area contributed by atoms with Crippen LogP contribution in [0.15, 0.2) is 67.0 Å². The van der Waals surface area contributed by atoms with Gasteiger partial charge in [-0.05, 0) is 78.9 Å². The highest BCUT2D eigenvalue weighted by Gasteiger charge is 2.02. The molecule has 6 heteroatoms. The lowest BCUT2D eigenvalue weighted by Crippen LogP contribution is -1.77. The lowest BCUT2D eigenvalue weighted by molar-refractivity contribution is 0.112. The van der Waals surface area contributed by atoms with Crippen molar-refractivity contribution in [2.75, 3.05) is 0 Å². The third-order valence-corrected chi connectivity index (χ3v) is 4.80. The summed E-state index contributed by atoms with van der Waals surface area (Å²) in [6, 6.07) is 18.1. The quantitative estimate of drug-likeness (QED) is 0.316. The molecule has 6 heterocycles. The van der Waals surface area contributed by atoms with Crippen LogP contribution in [0.3, 0.4) is 0 Å². The standard InChI is InChI=1S/C20H14N4.C5H5NO/c1-2-14-10-16-5-6-18(23-16)12-20-8-7-19(24-20)11-17-4-3-15(22-17)9-13(1)21-14;7-4-5-1-2-6-3-5/h1-12,21-22H;1-4,6H. The Hall–Kier alpha value is -4.45. The first-order chi connectivity index (χ1) is 15.2. The van der Waals surface area contributed by atoms with E-state index in [0.717, 1.165) is 51.1 Å². The summed E-state index contributed by atoms with van der Waals surface area (Å²) in [6.45, 7) is 0. The maximum absolute atomic E-state index is 9.85. The summed E-state index contributed by atoms with van der Waals surface area (Å²) in [6.07, 6.45) is 12.2. The maximum Gasteiger partial charge on any atom is 0.151 e. The molecular formula is C25H19N5O. The van der Waals surface area contributed by atoms with Crippen LogP contribution in [0.4, 0.5) is 0 Å². The highest BCUT2D eigenvalue weighted by molar-refractivity contribution is 5.77. The normalized spacial score (nSPS) is 11.7. The van der Waals surface area contributed by atoms with Crippen LogP contribution in [0.1, 0.15) is 33.1 Å². The second-order valence-corrected chi connectivity index (χ2v) is 7.17. The average molecular weight is 405 g/mol. The fourth-order valence-electron chi connectivity index (χ4n) is 3.35. The van der Waals surface area contributed by atoms with E-state index in [4.69, 9.17) is 0 Å². The molecule has 0 fully saturated rings. The zero-order valence-electron chi connectivity index (χ0n) is 16.5. The van der Waals surface area contributed by atoms with Crippen molar-refractivity contribution in [2.24, 2.45) is 0 Å². The molecule has 31 heavy (non-hydrogen) atoms. The van der Waals surface area contributed by atoms with Crippen molar-refractivity contribution in [3.05, 3.63) is 95.3 Å². The minimum Gasteiger partial charge on any atom is -0.367 e. The Labute approximate surface area is 178 Å². The molecule has 6 nitrogen and oxygen atoms in total. The number of H-pyrrole nitrogens is 3. The lowest BCUT2D eigenvalue weighted by Gasteiger charge is -1.86. The van der Waals surface area contributed by atoms with Crippen molar-refractivity contribution in [2.45, 2.75) is 0 Å². The molecule has 0 spiro atoms. The first-order valence-corrected chi connectivity index (χ1v) is 9.86. The van der Waals surface area contributed by atoms with E-state index in [-0.39, 0.29) is 0 Å². The van der Waals surface area contributed by atoms with E-state index < -0.39 is 0 Å². The second-order valence-electron chi connectivity index (χ2n) is 7.17. The van der Waals surface area contributed by atoms with Crippen molar-refractivity contribution in [1.82, 2.24) is 24.9 Å². The van der Waals surface area contributed by atoms with Crippen LogP contribution in [0.5, 0.6) is 0 Å². The van der Waals surface area contributed by atoms with Gasteiger partial charge < -0.3 is 15.0 Å². The van der Waals surface area contributed by atoms with Gasteiger partial charge in [0.2, 0.25) is 0 Å². The van der Waals surface area contributed by atoms with Crippen LogP contribution in [0.25, 0.3) is 46.4 Å². The molecule has 0 saturated heterocycles. The van der Waals surface area contributed by atoms with E-state index in [1.807, 2.05) is 42.5 Å². The van der Waals surface area contributed by atoms with Gasteiger partial charge in [0.1, 0.15) is 0 Å². The number of aldehydes is 1. The van der Waals surface area contributed by atoms with Crippen molar-refractivity contribution in [3.8, 4) is 0 Å². The monoisotopic (exact) mass is 405 g/mol. The average Bonchev–Trinajstić information content (AvgIpc) is 3.57. The number of fused-ring (bicyclic) bond motifs is 8. The number of nitrogens with zero attached hydrogens (tertiary/aromatic N) is 2. The third-order valence-electron chi connectivity index (χ3n) is 4.80. The minimum atomic E-state index is 0.694. The molecule has 3 N–H and O–H groups in total. The van der Waals surface area contributed by atoms with E-state index in [1.165, 1.54) is 0 Å². The molecule has 0 aliphatic carbocycles. The van der Waals surface area contributed by atoms with Gasteiger partial charge >= 0.3 is 0 Å². The Morgan fingerprint density at radius 3 is 1.52 bits per heavy atom. The zero-order chi connectivity index (χ0) is 21.0. The fraction of sp³-hybridized carbons (Fsp3) is 0. The predicted molar refractivity (Wildman–Crippen MR) is 125 cm³/mol. The molecule has 0 aromatic carbocycles. The highest BCUT2D eigenvalue weighted by atomic mass is 16.1. The second kappa shape index (κ2) is 8.12. The van der Waals surface area contributed by atoms with Gasteiger partial charge in [-0.25, -0.2) is 9.97 Å². The van der Waals surface area contributed by atoms with Gasteiger partial charge in [0.15, 0.2) is 6.29 Å². The number of aromatic nitrogens is 5. The number of aromatic amines is 3. The SMILES string of the molecule is C1=Cc2cc3ccc(cc4ccc(cc5nc(cc1n2)C=C5)[nH]4)[nH]3.O=Cc1cc[nH]c1. The molecule has 4 aromatic heterocycles. The van der Waals surface area contributed by atoms with Crippen molar-refractivity contribution in [3.63, 3.8) is 0 Å². The molecule has 2 aliphatic rings. The van der Waals surface area contributed by atoms with Crippen molar-refractivity contribution < 1.29 is 4.79 Å². The van der Waals surface area contributed by atoms with Crippen molar-refractivity contribution in [1.29, 1.82) is 0 Å². The lowest BCUT2D eigenvalue weighted by atomic mass is 10.3. The zero-order valence-corrected chi connectivity index (χ0v) is 16.5. The Kier molecular flexibility index (Phi) is 4.86. The Morgan fingerprint density at radius 1 is 0.613 bits per heavy atom. The third kappa shape index (κ3) is 4.43. The molecule has 8 bridgehead atoms. The topological polar surface area (TPSA) is 90.2 Å². The molecular weight excluding hydrogens is 386 g/mol. The van der Waals surface area contributed by atoms with Crippen LogP contribution in [0.2, 0.25) is 0 Å². The molecule has 150 valence electrons. The fourth-order valence-corrected chi connectivity index (χ4v) is 3.35. The number of hydrogen-bond acceptors (Lipinski definition) is 3. The molecule has 0 radical (unpaired) electrons. The van der Waals surface area contributed by atoms with Gasteiger partial charge in [-0.3, -0.25) is 4.79 Å². The Balaban J connectivity index is 0.000000250. The summed E-state index contributed by atoms with van der Waals surface area (Å²) in [5.74, 6) is 0. The summed E-state index contributed by atoms with van der Waals surface area (Å²) in [4.78, 5) is 28.6. The molecule has 0 amide bonds. The van der Waals surface area contributed by atoms with E-state index >= 15 is 0 Å². The van der Waals surface area contributed by atoms with Crippen LogP contribution >= 0.6 is 0 Å². The minimum absolute atomic E-state index is 0.694. The Bertz CT molecular complexity index is 1360. The van der Waals surface area contributed by atoms with Crippen LogP contribution in [-0.2, 0) is 0 Å². The first-order valence-electron chi connectivity index (χ1n) is 9.86. The smallest absolute Gasteiger partial charge is 0.151 e. The predicted octanol–water partition coefficient (Wildman–Crippen LogP) is 5.48. The van der Waals surface area contributed by atoms with Crippen LogP contribution < -0.4 is 0 Å². The summed E-state index contributed by atoms with van der Waals surface area (Å²) in [5, 5.41) is 0. The summed E-state index contributed by atoms with van der Waals surface area (Å²) in [7, 11) is 0. The number of carbonyl (C=O) groups excluding carboxylic acids is 1. The highest BCUT2D eigenvalue weighted by Crippen LogP contribution is 2.17. The first kappa shape index (κ1) is 18.6. The molecule has 0 unspecified atom stereocenters. The summed E-state index contributed by atoms with van der Waals surface area (Å²) < 4.78 is 0. The van der Waals surface area contributed by atoms with Gasteiger partial charge in [-0.1, -0.05) is 0 Å². The van der Waals surface area contributed by atoms with Crippen molar-refractivity contribution >= 4 is 52.7 Å². The largest absolute Gasteiger partial charge is 0.367 e. The van der Waals surface area contributed by atoms with Gasteiger partial charge in [-0.2, -0.15) is 0 Å². The summed E-state index contributed by atoms with van der Waals surface area (Å²) in [5.41, 5.74) is 8.55. The van der Waals surface area contributed by atoms with E-state index in [1.54, 1.807) is 18.5 Å². The maximum atomic E-state index is 9.85. The molecule has 2 aliphatic heterocycles. The van der Waals surface area contributed by atoms with Gasteiger partial charge in [0.25, 0.3) is 0 Å². The number of carbonyl (C=O) groups is 1. The summed E-state index contributed by atoms with van der Waals surface area (Å²) >= 11 is 0. The van der Waals surface area contributed by atoms with Gasteiger partial charge in [-0.15, -0.1) is 0 Å². The van der Waals surface area contributed by atoms with E-state index in [9.17, 15) is 4.79 Å². The van der Waals surface area contributed by atoms with Gasteiger partial charge in [0, 0.05) is 40.0 Å². The molecule has 0 saturated carbocycles. The number of hydrogen-bond donors (Lipinski definition) is 3. The molecule has 6 rings (SSSR count). The Morgan fingerprint density at radius 2 is 1.10 bits per heavy atom.